The Hall–Kier alpha value is -2.74. The monoisotopic (exact) mass is 308 g/mol. The van der Waals surface area contributed by atoms with Crippen LogP contribution in [0.5, 0.6) is 11.5 Å². The first kappa shape index (κ1) is 18.3. The summed E-state index contributed by atoms with van der Waals surface area (Å²) < 4.78 is 0. The molecule has 120 valence electrons. The number of aromatic hydroxyl groups is 2. The van der Waals surface area contributed by atoms with E-state index in [9.17, 15) is 0 Å². The lowest BCUT2D eigenvalue weighted by Crippen LogP contribution is -1.75. The maximum absolute atomic E-state index is 8.94. The fourth-order valence-electron chi connectivity index (χ4n) is 1.74. The standard InChI is InChI=1S/C8H10O.C7H8.C6H6O/c1-2-7-4-3-5-8(9)6-7;1-7-5-3-2-4-6-7;7-6-4-2-1-3-5-6/h3-6,9H,2H2,1H3;2-6H,1H3;1-5,7H. The van der Waals surface area contributed by atoms with Gasteiger partial charge in [-0.3, -0.25) is 0 Å². The molecule has 0 bridgehead atoms. The summed E-state index contributed by atoms with van der Waals surface area (Å²) in [5, 5.41) is 17.6. The molecule has 0 radical (unpaired) electrons. The predicted octanol–water partition coefficient (Wildman–Crippen LogP) is 5.34. The van der Waals surface area contributed by atoms with E-state index in [0.29, 0.717) is 11.5 Å². The van der Waals surface area contributed by atoms with E-state index in [2.05, 4.69) is 26.0 Å². The largest absolute Gasteiger partial charge is 0.508 e. The first-order valence-electron chi connectivity index (χ1n) is 7.65. The molecule has 0 heterocycles. The number of hydrogen-bond donors (Lipinski definition) is 2. The molecule has 0 spiro atoms. The molecule has 0 aliphatic heterocycles. The molecule has 2 N–H and O–H groups in total. The van der Waals surface area contributed by atoms with E-state index in [4.69, 9.17) is 10.2 Å². The van der Waals surface area contributed by atoms with Crippen molar-refractivity contribution < 1.29 is 10.2 Å². The van der Waals surface area contributed by atoms with E-state index in [1.165, 1.54) is 11.1 Å². The number of aryl methyl sites for hydroxylation is 2. The van der Waals surface area contributed by atoms with Crippen molar-refractivity contribution in [3.05, 3.63) is 96.1 Å². The zero-order valence-corrected chi connectivity index (χ0v) is 13.7. The first-order valence-corrected chi connectivity index (χ1v) is 7.65. The van der Waals surface area contributed by atoms with Gasteiger partial charge < -0.3 is 10.2 Å². The normalized spacial score (nSPS) is 8.96. The van der Waals surface area contributed by atoms with E-state index in [1.54, 1.807) is 36.4 Å². The van der Waals surface area contributed by atoms with Crippen LogP contribution in [0.15, 0.2) is 84.9 Å². The maximum atomic E-state index is 8.94. The molecular weight excluding hydrogens is 284 g/mol. The second-order valence-electron chi connectivity index (χ2n) is 5.01. The molecular formula is C21H24O2. The minimum Gasteiger partial charge on any atom is -0.508 e. The molecule has 0 fully saturated rings. The average molecular weight is 308 g/mol. The van der Waals surface area contributed by atoms with Crippen molar-refractivity contribution >= 4 is 0 Å². The molecule has 0 aromatic heterocycles. The summed E-state index contributed by atoms with van der Waals surface area (Å²) in [6, 6.07) is 26.3. The van der Waals surface area contributed by atoms with E-state index in [0.717, 1.165) is 6.42 Å². The number of phenols is 2. The Kier molecular flexibility index (Phi) is 8.69. The fraction of sp³-hybridized carbons (Fsp3) is 0.143. The molecule has 2 heteroatoms. The van der Waals surface area contributed by atoms with Crippen LogP contribution < -0.4 is 0 Å². The summed E-state index contributed by atoms with van der Waals surface area (Å²) in [4.78, 5) is 0. The summed E-state index contributed by atoms with van der Waals surface area (Å²) in [6.45, 7) is 4.15. The molecule has 0 amide bonds. The van der Waals surface area contributed by atoms with Gasteiger partial charge in [0.25, 0.3) is 0 Å². The van der Waals surface area contributed by atoms with Gasteiger partial charge in [-0.25, -0.2) is 0 Å². The third-order valence-corrected chi connectivity index (χ3v) is 3.02. The van der Waals surface area contributed by atoms with Crippen LogP contribution in [0.3, 0.4) is 0 Å². The average Bonchev–Trinajstić information content (AvgIpc) is 2.57. The van der Waals surface area contributed by atoms with Crippen molar-refractivity contribution in [2.75, 3.05) is 0 Å². The highest BCUT2D eigenvalue weighted by Gasteiger charge is 1.87. The number of rotatable bonds is 1. The predicted molar refractivity (Wildman–Crippen MR) is 96.8 cm³/mol. The first-order chi connectivity index (χ1) is 11.1. The Labute approximate surface area is 138 Å². The van der Waals surface area contributed by atoms with Gasteiger partial charge >= 0.3 is 0 Å². The summed E-state index contributed by atoms with van der Waals surface area (Å²) in [5.41, 5.74) is 2.50. The van der Waals surface area contributed by atoms with Gasteiger partial charge in [-0.1, -0.05) is 73.2 Å². The van der Waals surface area contributed by atoms with Gasteiger partial charge in [0.05, 0.1) is 0 Å². The Morgan fingerprint density at radius 3 is 1.48 bits per heavy atom. The van der Waals surface area contributed by atoms with Crippen LogP contribution in [0.25, 0.3) is 0 Å². The summed E-state index contributed by atoms with van der Waals surface area (Å²) in [5.74, 6) is 0.678. The minimum atomic E-state index is 0.322. The van der Waals surface area contributed by atoms with Gasteiger partial charge in [0, 0.05) is 0 Å². The lowest BCUT2D eigenvalue weighted by atomic mass is 10.2. The van der Waals surface area contributed by atoms with Gasteiger partial charge in [-0.2, -0.15) is 0 Å². The van der Waals surface area contributed by atoms with Crippen molar-refractivity contribution in [3.63, 3.8) is 0 Å². The van der Waals surface area contributed by atoms with E-state index >= 15 is 0 Å². The molecule has 0 saturated heterocycles. The molecule has 2 nitrogen and oxygen atoms in total. The number of hydrogen-bond acceptors (Lipinski definition) is 2. The lowest BCUT2D eigenvalue weighted by Gasteiger charge is -1.94. The highest BCUT2D eigenvalue weighted by molar-refractivity contribution is 5.26. The highest BCUT2D eigenvalue weighted by atomic mass is 16.3. The van der Waals surface area contributed by atoms with Gasteiger partial charge in [-0.05, 0) is 43.2 Å². The summed E-state index contributed by atoms with van der Waals surface area (Å²) in [7, 11) is 0. The van der Waals surface area contributed by atoms with E-state index in [1.807, 2.05) is 36.4 Å². The van der Waals surface area contributed by atoms with E-state index in [-0.39, 0.29) is 0 Å². The third-order valence-electron chi connectivity index (χ3n) is 3.02. The topological polar surface area (TPSA) is 40.5 Å². The molecule has 0 atom stereocenters. The van der Waals surface area contributed by atoms with Crippen LogP contribution in [0.2, 0.25) is 0 Å². The van der Waals surface area contributed by atoms with Crippen LogP contribution in [0.1, 0.15) is 18.1 Å². The minimum absolute atomic E-state index is 0.322. The Morgan fingerprint density at radius 1 is 0.652 bits per heavy atom. The van der Waals surface area contributed by atoms with Crippen molar-refractivity contribution in [3.8, 4) is 11.5 Å². The van der Waals surface area contributed by atoms with Crippen LogP contribution in [-0.2, 0) is 6.42 Å². The van der Waals surface area contributed by atoms with E-state index < -0.39 is 0 Å². The van der Waals surface area contributed by atoms with Gasteiger partial charge in [0.1, 0.15) is 11.5 Å². The smallest absolute Gasteiger partial charge is 0.115 e. The van der Waals surface area contributed by atoms with Crippen LogP contribution in [0, 0.1) is 6.92 Å². The van der Waals surface area contributed by atoms with Crippen molar-refractivity contribution in [2.24, 2.45) is 0 Å². The molecule has 0 unspecified atom stereocenters. The molecule has 3 aromatic carbocycles. The van der Waals surface area contributed by atoms with Crippen LogP contribution in [-0.4, -0.2) is 10.2 Å². The Balaban J connectivity index is 0.000000175. The SMILES string of the molecule is CCc1cccc(O)c1.Cc1ccccc1.Oc1ccccc1. The van der Waals surface area contributed by atoms with Gasteiger partial charge in [0.15, 0.2) is 0 Å². The van der Waals surface area contributed by atoms with Crippen molar-refractivity contribution in [1.82, 2.24) is 0 Å². The maximum Gasteiger partial charge on any atom is 0.115 e. The highest BCUT2D eigenvalue weighted by Crippen LogP contribution is 2.10. The van der Waals surface area contributed by atoms with Crippen LogP contribution >= 0.6 is 0 Å². The fourth-order valence-corrected chi connectivity index (χ4v) is 1.74. The second kappa shape index (κ2) is 10.9. The molecule has 3 aromatic rings. The molecule has 0 aliphatic carbocycles. The Bertz CT molecular complexity index is 611. The second-order valence-corrected chi connectivity index (χ2v) is 5.01. The van der Waals surface area contributed by atoms with Gasteiger partial charge in [-0.15, -0.1) is 0 Å². The summed E-state index contributed by atoms with van der Waals surface area (Å²) in [6.07, 6.45) is 0.981. The van der Waals surface area contributed by atoms with Crippen LogP contribution in [0.4, 0.5) is 0 Å². The van der Waals surface area contributed by atoms with Gasteiger partial charge in [0.2, 0.25) is 0 Å². The number of benzene rings is 3. The van der Waals surface area contributed by atoms with Crippen molar-refractivity contribution in [1.29, 1.82) is 0 Å². The summed E-state index contributed by atoms with van der Waals surface area (Å²) >= 11 is 0. The van der Waals surface area contributed by atoms with Crippen molar-refractivity contribution in [2.45, 2.75) is 20.3 Å². The molecule has 3 rings (SSSR count). The molecule has 0 saturated carbocycles. The number of para-hydroxylation sites is 1. The zero-order chi connectivity index (χ0) is 16.9. The molecule has 0 aliphatic rings. The molecule has 23 heavy (non-hydrogen) atoms. The zero-order valence-electron chi connectivity index (χ0n) is 13.7. The third kappa shape index (κ3) is 8.99. The Morgan fingerprint density at radius 2 is 1.17 bits per heavy atom. The quantitative estimate of drug-likeness (QED) is 0.637. The number of phenolic OH excluding ortho intramolecular Hbond substituents is 2. The lowest BCUT2D eigenvalue weighted by molar-refractivity contribution is 0.474.